The topological polar surface area (TPSA) is 133 Å². The van der Waals surface area contributed by atoms with Crippen molar-refractivity contribution in [1.29, 1.82) is 0 Å². The van der Waals surface area contributed by atoms with Crippen molar-refractivity contribution in [3.8, 4) is 0 Å². The minimum Gasteiger partial charge on any atom is -0.481 e. The van der Waals surface area contributed by atoms with Crippen molar-refractivity contribution in [1.82, 2.24) is 5.32 Å². The van der Waals surface area contributed by atoms with Crippen LogP contribution in [0.2, 0.25) is 5.02 Å². The molecule has 1 aliphatic carbocycles. The number of amides is 2. The van der Waals surface area contributed by atoms with Gasteiger partial charge in [-0.05, 0) is 67.1 Å². The lowest BCUT2D eigenvalue weighted by Crippen LogP contribution is -2.49. The minimum atomic E-state index is -1.19. The Kier molecular flexibility index (Phi) is 7.55. The zero-order chi connectivity index (χ0) is 26.0. The van der Waals surface area contributed by atoms with Crippen LogP contribution >= 0.6 is 11.6 Å². The SMILES string of the molecule is CC1(C(=O)O)CCC(C(=O)N[C@@H](Cc2ccc(C(=O)Nc3ccc(Cl)cc3)cc2)C(=O)O)C1(C)C. The normalized spacial score (nSPS) is 21.7. The number of nitrogens with one attached hydrogen (secondary N) is 2. The molecular weight excluding hydrogens is 472 g/mol. The number of carbonyl (C=O) groups excluding carboxylic acids is 2. The predicted octanol–water partition coefficient (Wildman–Crippen LogP) is 4.23. The van der Waals surface area contributed by atoms with Crippen LogP contribution in [0.3, 0.4) is 0 Å². The van der Waals surface area contributed by atoms with Gasteiger partial charge in [-0.1, -0.05) is 37.6 Å². The van der Waals surface area contributed by atoms with Gasteiger partial charge in [-0.3, -0.25) is 14.4 Å². The molecule has 1 aliphatic rings. The second-order valence-corrected chi connectivity index (χ2v) is 10.1. The van der Waals surface area contributed by atoms with E-state index in [2.05, 4.69) is 10.6 Å². The molecule has 35 heavy (non-hydrogen) atoms. The molecule has 0 heterocycles. The summed E-state index contributed by atoms with van der Waals surface area (Å²) in [6.07, 6.45) is 0.722. The van der Waals surface area contributed by atoms with Crippen molar-refractivity contribution in [3.05, 3.63) is 64.7 Å². The Morgan fingerprint density at radius 3 is 2.11 bits per heavy atom. The first-order valence-electron chi connectivity index (χ1n) is 11.3. The summed E-state index contributed by atoms with van der Waals surface area (Å²) in [6.45, 7) is 5.10. The molecule has 1 fully saturated rings. The minimum absolute atomic E-state index is 0.0174. The number of carboxylic acids is 2. The van der Waals surface area contributed by atoms with Gasteiger partial charge in [-0.15, -0.1) is 0 Å². The average molecular weight is 501 g/mol. The van der Waals surface area contributed by atoms with Gasteiger partial charge in [0.15, 0.2) is 0 Å². The number of carboxylic acid groups (broad SMARTS) is 2. The molecule has 0 aliphatic heterocycles. The second kappa shape index (κ2) is 10.1. The Morgan fingerprint density at radius 1 is 1.00 bits per heavy atom. The van der Waals surface area contributed by atoms with Crippen LogP contribution in [0, 0.1) is 16.7 Å². The maximum atomic E-state index is 13.0. The Morgan fingerprint density at radius 2 is 1.60 bits per heavy atom. The van der Waals surface area contributed by atoms with E-state index in [1.165, 1.54) is 0 Å². The van der Waals surface area contributed by atoms with Crippen LogP contribution in [-0.2, 0) is 20.8 Å². The van der Waals surface area contributed by atoms with E-state index in [9.17, 15) is 29.4 Å². The van der Waals surface area contributed by atoms with Gasteiger partial charge in [0.05, 0.1) is 5.41 Å². The Bertz CT molecular complexity index is 1130. The predicted molar refractivity (Wildman–Crippen MR) is 131 cm³/mol. The fourth-order valence-corrected chi connectivity index (χ4v) is 4.70. The van der Waals surface area contributed by atoms with E-state index in [4.69, 9.17) is 11.6 Å². The van der Waals surface area contributed by atoms with E-state index in [0.29, 0.717) is 34.7 Å². The van der Waals surface area contributed by atoms with Gasteiger partial charge < -0.3 is 20.8 Å². The number of aliphatic carboxylic acids is 2. The van der Waals surface area contributed by atoms with Crippen LogP contribution in [0.5, 0.6) is 0 Å². The molecule has 8 nitrogen and oxygen atoms in total. The molecule has 0 spiro atoms. The number of anilines is 1. The molecule has 3 atom stereocenters. The maximum Gasteiger partial charge on any atom is 0.326 e. The molecule has 9 heteroatoms. The Balaban J connectivity index is 1.66. The lowest BCUT2D eigenvalue weighted by atomic mass is 9.65. The zero-order valence-corrected chi connectivity index (χ0v) is 20.6. The number of hydrogen-bond acceptors (Lipinski definition) is 4. The smallest absolute Gasteiger partial charge is 0.326 e. The molecule has 186 valence electrons. The Labute approximate surface area is 208 Å². The maximum absolute atomic E-state index is 13.0. The highest BCUT2D eigenvalue weighted by Crippen LogP contribution is 2.56. The summed E-state index contributed by atoms with van der Waals surface area (Å²) in [4.78, 5) is 49.1. The first kappa shape index (κ1) is 26.2. The molecule has 1 saturated carbocycles. The number of hydrogen-bond donors (Lipinski definition) is 4. The standard InChI is InChI=1S/C26H29ClN2O6/c1-25(2)19(12-13-26(25,3)24(34)35)22(31)29-20(23(32)33)14-15-4-6-16(7-5-15)21(30)28-18-10-8-17(27)9-11-18/h4-11,19-20H,12-14H2,1-3H3,(H,28,30)(H,29,31)(H,32,33)(H,34,35)/t19?,20-,26?/m0/s1. The summed E-state index contributed by atoms with van der Waals surface area (Å²) >= 11 is 5.85. The molecule has 2 aromatic rings. The van der Waals surface area contributed by atoms with Gasteiger partial charge in [0.2, 0.25) is 5.91 Å². The van der Waals surface area contributed by atoms with Gasteiger partial charge in [0.1, 0.15) is 6.04 Å². The van der Waals surface area contributed by atoms with E-state index >= 15 is 0 Å². The third-order valence-corrected chi connectivity index (χ3v) is 7.64. The molecule has 4 N–H and O–H groups in total. The lowest BCUT2D eigenvalue weighted by molar-refractivity contribution is -0.155. The summed E-state index contributed by atoms with van der Waals surface area (Å²) in [6, 6.07) is 11.9. The number of rotatable bonds is 8. The van der Waals surface area contributed by atoms with Crippen LogP contribution in [0.1, 0.15) is 49.5 Å². The van der Waals surface area contributed by atoms with E-state index in [-0.39, 0.29) is 12.3 Å². The highest BCUT2D eigenvalue weighted by atomic mass is 35.5. The first-order valence-corrected chi connectivity index (χ1v) is 11.7. The van der Waals surface area contributed by atoms with Crippen LogP contribution in [-0.4, -0.2) is 40.0 Å². The highest BCUT2D eigenvalue weighted by molar-refractivity contribution is 6.30. The number of carbonyl (C=O) groups is 4. The van der Waals surface area contributed by atoms with Crippen LogP contribution < -0.4 is 10.6 Å². The molecule has 0 bridgehead atoms. The van der Waals surface area contributed by atoms with Gasteiger partial charge in [-0.2, -0.15) is 0 Å². The van der Waals surface area contributed by atoms with Crippen molar-refractivity contribution in [2.24, 2.45) is 16.7 Å². The van der Waals surface area contributed by atoms with Gasteiger partial charge in [0, 0.05) is 28.6 Å². The third-order valence-electron chi connectivity index (χ3n) is 7.39. The fraction of sp³-hybridized carbons (Fsp3) is 0.385. The molecule has 2 amide bonds. The van der Waals surface area contributed by atoms with Crippen molar-refractivity contribution < 1.29 is 29.4 Å². The van der Waals surface area contributed by atoms with E-state index in [1.807, 2.05) is 0 Å². The van der Waals surface area contributed by atoms with Crippen molar-refractivity contribution in [2.45, 2.75) is 46.1 Å². The van der Waals surface area contributed by atoms with Gasteiger partial charge in [-0.25, -0.2) is 4.79 Å². The van der Waals surface area contributed by atoms with E-state index in [1.54, 1.807) is 69.3 Å². The van der Waals surface area contributed by atoms with Crippen LogP contribution in [0.15, 0.2) is 48.5 Å². The summed E-state index contributed by atoms with van der Waals surface area (Å²) in [5, 5.41) is 25.3. The van der Waals surface area contributed by atoms with E-state index < -0.39 is 40.6 Å². The molecule has 2 aromatic carbocycles. The zero-order valence-electron chi connectivity index (χ0n) is 19.8. The Hall–Kier alpha value is -3.39. The third kappa shape index (κ3) is 5.48. The van der Waals surface area contributed by atoms with Crippen molar-refractivity contribution in [3.63, 3.8) is 0 Å². The van der Waals surface area contributed by atoms with E-state index in [0.717, 1.165) is 0 Å². The largest absolute Gasteiger partial charge is 0.481 e. The molecule has 0 radical (unpaired) electrons. The molecule has 2 unspecified atom stereocenters. The van der Waals surface area contributed by atoms with Crippen LogP contribution in [0.4, 0.5) is 5.69 Å². The van der Waals surface area contributed by atoms with Gasteiger partial charge >= 0.3 is 11.9 Å². The number of halogens is 1. The van der Waals surface area contributed by atoms with Crippen LogP contribution in [0.25, 0.3) is 0 Å². The highest BCUT2D eigenvalue weighted by Gasteiger charge is 2.58. The fourth-order valence-electron chi connectivity index (χ4n) is 4.58. The van der Waals surface area contributed by atoms with Gasteiger partial charge in [0.25, 0.3) is 5.91 Å². The second-order valence-electron chi connectivity index (χ2n) is 9.71. The lowest BCUT2D eigenvalue weighted by Gasteiger charge is -2.38. The summed E-state index contributed by atoms with van der Waals surface area (Å²) < 4.78 is 0. The summed E-state index contributed by atoms with van der Waals surface area (Å²) in [7, 11) is 0. The molecule has 3 rings (SSSR count). The molecule has 0 saturated heterocycles. The quantitative estimate of drug-likeness (QED) is 0.428. The summed E-state index contributed by atoms with van der Waals surface area (Å²) in [5.41, 5.74) is -0.311. The first-order chi connectivity index (χ1) is 16.3. The summed E-state index contributed by atoms with van der Waals surface area (Å²) in [5.74, 6) is -3.57. The van der Waals surface area contributed by atoms with Crippen molar-refractivity contribution >= 4 is 41.0 Å². The monoisotopic (exact) mass is 500 g/mol. The molecule has 0 aromatic heterocycles. The number of benzene rings is 2. The van der Waals surface area contributed by atoms with Crippen molar-refractivity contribution in [2.75, 3.05) is 5.32 Å². The molecular formula is C26H29ClN2O6. The average Bonchev–Trinajstić information content (AvgIpc) is 3.05.